The van der Waals surface area contributed by atoms with E-state index in [0.29, 0.717) is 0 Å². The monoisotopic (exact) mass is 222 g/mol. The Morgan fingerprint density at radius 1 is 1.29 bits per heavy atom. The molecule has 8 heteroatoms. The van der Waals surface area contributed by atoms with Crippen LogP contribution in [0.1, 0.15) is 0 Å². The Balaban J connectivity index is 2.25. The van der Waals surface area contributed by atoms with Crippen molar-refractivity contribution in [2.24, 2.45) is 0 Å². The number of aliphatic carboxylic acids is 1. The quantitative estimate of drug-likeness (QED) is 0.446. The predicted octanol–water partition coefficient (Wildman–Crippen LogP) is -1.87. The van der Waals surface area contributed by atoms with Crippen molar-refractivity contribution in [3.63, 3.8) is 0 Å². The fourth-order valence-electron chi connectivity index (χ4n) is 1.58. The van der Waals surface area contributed by atoms with E-state index in [1.807, 2.05) is 0 Å². The maximum absolute atomic E-state index is 10.7. The molecule has 7 nitrogen and oxygen atoms in total. The highest BCUT2D eigenvalue weighted by atomic mass is 28.4. The second-order valence-corrected chi connectivity index (χ2v) is 5.75. The summed E-state index contributed by atoms with van der Waals surface area (Å²) < 4.78 is 15.1. The fourth-order valence-corrected chi connectivity index (χ4v) is 3.78. The summed E-state index contributed by atoms with van der Waals surface area (Å²) >= 11 is 0. The van der Waals surface area contributed by atoms with Crippen LogP contribution < -0.4 is 0 Å². The first-order chi connectivity index (χ1) is 6.43. The van der Waals surface area contributed by atoms with E-state index in [4.69, 9.17) is 18.4 Å². The van der Waals surface area contributed by atoms with Crippen LogP contribution in [0.25, 0.3) is 0 Å². The van der Waals surface area contributed by atoms with Crippen molar-refractivity contribution >= 4 is 14.8 Å². The van der Waals surface area contributed by atoms with Gasteiger partial charge in [-0.15, -0.1) is 0 Å². The van der Waals surface area contributed by atoms with Crippen molar-refractivity contribution in [1.29, 1.82) is 0 Å². The molecule has 5 atom stereocenters. The van der Waals surface area contributed by atoms with Gasteiger partial charge in [0.15, 0.2) is 12.4 Å². The highest BCUT2D eigenvalue weighted by Gasteiger charge is 2.61. The minimum absolute atomic E-state index is 1.05. The minimum Gasteiger partial charge on any atom is -0.479 e. The van der Waals surface area contributed by atoms with Gasteiger partial charge in [0.1, 0.15) is 12.2 Å². The number of rotatable bonds is 1. The number of hydrogen-bond acceptors (Lipinski definition) is 6. The Morgan fingerprint density at radius 2 is 1.93 bits per heavy atom. The van der Waals surface area contributed by atoms with Gasteiger partial charge in [-0.05, 0) is 0 Å². The Morgan fingerprint density at radius 3 is 2.50 bits per heavy atom. The lowest BCUT2D eigenvalue weighted by Gasteiger charge is -2.32. The number of aliphatic hydroxyl groups is 2. The van der Waals surface area contributed by atoms with Gasteiger partial charge in [-0.25, -0.2) is 4.79 Å². The molecule has 0 aromatic heterocycles. The first-order valence-electron chi connectivity index (χ1n) is 4.05. The molecule has 3 N–H and O–H groups in total. The van der Waals surface area contributed by atoms with Gasteiger partial charge in [0, 0.05) is 6.55 Å². The summed E-state index contributed by atoms with van der Waals surface area (Å²) in [5.74, 6) is -1.23. The van der Waals surface area contributed by atoms with Crippen LogP contribution in [0.15, 0.2) is 0 Å². The number of carbonyl (C=O) groups is 1. The third-order valence-corrected chi connectivity index (χ3v) is 4.25. The summed E-state index contributed by atoms with van der Waals surface area (Å²) in [6.45, 7) is 1.47. The molecule has 2 aliphatic heterocycles. The van der Waals surface area contributed by atoms with E-state index in [9.17, 15) is 15.0 Å². The van der Waals surface area contributed by atoms with E-state index in [1.54, 1.807) is 0 Å². The average molecular weight is 222 g/mol. The van der Waals surface area contributed by atoms with Crippen molar-refractivity contribution in [3.05, 3.63) is 0 Å². The van der Waals surface area contributed by atoms with Crippen LogP contribution in [0.2, 0.25) is 6.55 Å². The lowest BCUT2D eigenvalue weighted by Crippen LogP contribution is -2.54. The van der Waals surface area contributed by atoms with Gasteiger partial charge in [-0.1, -0.05) is 0 Å². The molecule has 2 bridgehead atoms. The molecule has 2 saturated heterocycles. The predicted molar refractivity (Wildman–Crippen MR) is 42.1 cm³/mol. The van der Waals surface area contributed by atoms with E-state index in [1.165, 1.54) is 6.55 Å². The molecule has 0 aliphatic carbocycles. The second-order valence-electron chi connectivity index (χ2n) is 3.32. The first kappa shape index (κ1) is 10.0. The van der Waals surface area contributed by atoms with E-state index in [0.717, 1.165) is 0 Å². The van der Waals surface area contributed by atoms with Gasteiger partial charge < -0.3 is 28.6 Å². The Labute approximate surface area is 80.2 Å². The molecule has 2 heterocycles. The molecule has 14 heavy (non-hydrogen) atoms. The van der Waals surface area contributed by atoms with Crippen LogP contribution in [-0.2, 0) is 18.1 Å². The summed E-state index contributed by atoms with van der Waals surface area (Å²) in [5, 5.41) is 27.4. The number of carboxylic acid groups (broad SMARTS) is 1. The molecule has 0 radical (unpaired) electrons. The number of carboxylic acids is 1. The standard InChI is InChI=1S/C6H10O7Si/c1-14-11-3(2(7)6(10)13-14)4(12-14)5(8)9/h2-4,6-7,10H,1H3,(H,8,9). The lowest BCUT2D eigenvalue weighted by atomic mass is 10.1. The smallest absolute Gasteiger partial charge is 0.479 e. The van der Waals surface area contributed by atoms with Crippen LogP contribution in [0, 0.1) is 0 Å². The third-order valence-electron chi connectivity index (χ3n) is 2.20. The molecule has 0 aromatic rings. The Kier molecular flexibility index (Phi) is 2.14. The summed E-state index contributed by atoms with van der Waals surface area (Å²) in [5.41, 5.74) is 0. The molecule has 0 aromatic carbocycles. The van der Waals surface area contributed by atoms with Crippen molar-refractivity contribution in [2.75, 3.05) is 0 Å². The van der Waals surface area contributed by atoms with Gasteiger partial charge in [0.05, 0.1) is 0 Å². The van der Waals surface area contributed by atoms with Gasteiger partial charge in [0.2, 0.25) is 0 Å². The molecule has 0 spiro atoms. The van der Waals surface area contributed by atoms with Crippen molar-refractivity contribution in [3.8, 4) is 0 Å². The average Bonchev–Trinajstić information content (AvgIpc) is 2.37. The van der Waals surface area contributed by atoms with Gasteiger partial charge >= 0.3 is 14.8 Å². The number of hydrogen-bond donors (Lipinski definition) is 3. The maximum atomic E-state index is 10.7. The molecule has 2 rings (SSSR count). The van der Waals surface area contributed by atoms with Crippen LogP contribution in [0.5, 0.6) is 0 Å². The number of fused-ring (bicyclic) bond motifs is 2. The van der Waals surface area contributed by atoms with Gasteiger partial charge in [0.25, 0.3) is 0 Å². The summed E-state index contributed by atoms with van der Waals surface area (Å²) in [6.07, 6.45) is -5.14. The van der Waals surface area contributed by atoms with E-state index in [-0.39, 0.29) is 0 Å². The molecular formula is C6H10O7Si. The van der Waals surface area contributed by atoms with Gasteiger partial charge in [-0.3, -0.25) is 0 Å². The summed E-state index contributed by atoms with van der Waals surface area (Å²) in [4.78, 5) is 10.7. The highest BCUT2D eigenvalue weighted by Crippen LogP contribution is 2.34. The highest BCUT2D eigenvalue weighted by molar-refractivity contribution is 6.60. The van der Waals surface area contributed by atoms with E-state index < -0.39 is 39.4 Å². The molecule has 80 valence electrons. The largest absolute Gasteiger partial charge is 0.500 e. The molecule has 0 saturated carbocycles. The Hall–Kier alpha value is -0.513. The third kappa shape index (κ3) is 1.36. The van der Waals surface area contributed by atoms with Crippen molar-refractivity contribution in [2.45, 2.75) is 31.1 Å². The van der Waals surface area contributed by atoms with Crippen LogP contribution in [-0.4, -0.2) is 54.7 Å². The van der Waals surface area contributed by atoms with Gasteiger partial charge in [-0.2, -0.15) is 0 Å². The summed E-state index contributed by atoms with van der Waals surface area (Å²) in [7, 11) is -3.06. The molecule has 0 amide bonds. The van der Waals surface area contributed by atoms with E-state index in [2.05, 4.69) is 0 Å². The van der Waals surface area contributed by atoms with Crippen LogP contribution in [0.3, 0.4) is 0 Å². The normalized spacial score (nSPS) is 51.9. The van der Waals surface area contributed by atoms with Crippen molar-refractivity contribution in [1.82, 2.24) is 0 Å². The van der Waals surface area contributed by atoms with E-state index >= 15 is 0 Å². The SMILES string of the molecule is C[Si]12OC(O)C(O)C(O1)C(C(=O)O)O2. The zero-order chi connectivity index (χ0) is 10.5. The summed E-state index contributed by atoms with van der Waals surface area (Å²) in [6, 6.07) is 0. The molecule has 2 aliphatic rings. The zero-order valence-corrected chi connectivity index (χ0v) is 8.28. The second kappa shape index (κ2) is 2.99. The topological polar surface area (TPSA) is 105 Å². The Bertz CT molecular complexity index is 271. The van der Waals surface area contributed by atoms with Crippen LogP contribution >= 0.6 is 0 Å². The molecule has 2 fully saturated rings. The number of aliphatic hydroxyl groups excluding tert-OH is 2. The van der Waals surface area contributed by atoms with Crippen LogP contribution in [0.4, 0.5) is 0 Å². The molecule has 5 unspecified atom stereocenters. The first-order valence-corrected chi connectivity index (χ1v) is 6.28. The van der Waals surface area contributed by atoms with Crippen molar-refractivity contribution < 1.29 is 33.4 Å². The lowest BCUT2D eigenvalue weighted by molar-refractivity contribution is -0.182. The zero-order valence-electron chi connectivity index (χ0n) is 7.28. The minimum atomic E-state index is -3.06. The maximum Gasteiger partial charge on any atom is 0.500 e. The fraction of sp³-hybridized carbons (Fsp3) is 0.833. The molecular weight excluding hydrogens is 212 g/mol.